The van der Waals surface area contributed by atoms with Gasteiger partial charge in [-0.1, -0.05) is 11.6 Å². The summed E-state index contributed by atoms with van der Waals surface area (Å²) in [4.78, 5) is 11.3. The first-order chi connectivity index (χ1) is 6.58. The lowest BCUT2D eigenvalue weighted by Gasteiger charge is -2.23. The molecule has 5 heteroatoms. The second-order valence-corrected chi connectivity index (χ2v) is 4.27. The van der Waals surface area contributed by atoms with Crippen LogP contribution in [0.2, 0.25) is 5.02 Å². The number of fused-ring (bicyclic) bond motifs is 1. The Morgan fingerprint density at radius 2 is 2.29 bits per heavy atom. The van der Waals surface area contributed by atoms with Crippen molar-refractivity contribution in [1.82, 2.24) is 0 Å². The van der Waals surface area contributed by atoms with Crippen molar-refractivity contribution in [1.29, 1.82) is 0 Å². The number of benzene rings is 1. The highest BCUT2D eigenvalue weighted by atomic mass is 79.9. The summed E-state index contributed by atoms with van der Waals surface area (Å²) >= 11 is 9.16. The maximum absolute atomic E-state index is 11.3. The molecular weight excluding hydrogens is 269 g/mol. The molecule has 0 radical (unpaired) electrons. The predicted molar refractivity (Wildman–Crippen MR) is 57.9 cm³/mol. The Bertz CT molecular complexity index is 408. The van der Waals surface area contributed by atoms with Crippen LogP contribution >= 0.6 is 27.5 Å². The second kappa shape index (κ2) is 3.44. The zero-order valence-electron chi connectivity index (χ0n) is 7.30. The lowest BCUT2D eigenvalue weighted by atomic mass is 10.2. The number of rotatable bonds is 0. The highest BCUT2D eigenvalue weighted by Crippen LogP contribution is 2.36. The molecule has 0 saturated heterocycles. The van der Waals surface area contributed by atoms with Crippen LogP contribution in [-0.2, 0) is 4.79 Å². The van der Waals surface area contributed by atoms with Crippen LogP contribution in [-0.4, -0.2) is 12.0 Å². The van der Waals surface area contributed by atoms with Gasteiger partial charge in [-0.25, -0.2) is 0 Å². The molecule has 1 atom stereocenters. The number of hydrogen-bond acceptors (Lipinski definition) is 2. The Morgan fingerprint density at radius 3 is 3.00 bits per heavy atom. The van der Waals surface area contributed by atoms with Crippen molar-refractivity contribution >= 4 is 39.1 Å². The number of carbonyl (C=O) groups is 1. The summed E-state index contributed by atoms with van der Waals surface area (Å²) in [6.45, 7) is 1.70. The first-order valence-corrected chi connectivity index (χ1v) is 5.21. The fourth-order valence-electron chi connectivity index (χ4n) is 1.20. The minimum absolute atomic E-state index is 0.157. The average molecular weight is 277 g/mol. The number of nitrogens with one attached hydrogen (secondary N) is 1. The molecule has 1 unspecified atom stereocenters. The summed E-state index contributed by atoms with van der Waals surface area (Å²) in [7, 11) is 0. The van der Waals surface area contributed by atoms with Gasteiger partial charge in [0.05, 0.1) is 10.7 Å². The van der Waals surface area contributed by atoms with E-state index in [2.05, 4.69) is 21.2 Å². The molecule has 0 aromatic heterocycles. The van der Waals surface area contributed by atoms with Crippen LogP contribution in [0.15, 0.2) is 16.6 Å². The third-order valence-electron chi connectivity index (χ3n) is 1.95. The van der Waals surface area contributed by atoms with Crippen LogP contribution < -0.4 is 10.1 Å². The Balaban J connectivity index is 2.47. The van der Waals surface area contributed by atoms with E-state index in [9.17, 15) is 4.79 Å². The number of carbonyl (C=O) groups excluding carboxylic acids is 1. The van der Waals surface area contributed by atoms with E-state index >= 15 is 0 Å². The SMILES string of the molecule is CC1Oc2cc(Br)c(Cl)cc2NC1=O. The van der Waals surface area contributed by atoms with Gasteiger partial charge in [0.2, 0.25) is 0 Å². The zero-order valence-corrected chi connectivity index (χ0v) is 9.65. The largest absolute Gasteiger partial charge is 0.479 e. The molecule has 0 saturated carbocycles. The average Bonchev–Trinajstić information content (AvgIpc) is 2.11. The van der Waals surface area contributed by atoms with Crippen LogP contribution in [0.1, 0.15) is 6.92 Å². The van der Waals surface area contributed by atoms with Crippen LogP contribution in [0.5, 0.6) is 5.75 Å². The molecule has 1 aromatic rings. The van der Waals surface area contributed by atoms with Crippen molar-refractivity contribution in [3.8, 4) is 5.75 Å². The number of ether oxygens (including phenoxy) is 1. The number of hydrogen-bond donors (Lipinski definition) is 1. The van der Waals surface area contributed by atoms with Gasteiger partial charge < -0.3 is 10.1 Å². The summed E-state index contributed by atoms with van der Waals surface area (Å²) in [5, 5.41) is 3.25. The molecule has 1 aromatic carbocycles. The maximum atomic E-state index is 11.3. The van der Waals surface area contributed by atoms with Crippen LogP contribution in [0.4, 0.5) is 5.69 Å². The number of amides is 1. The molecule has 2 rings (SSSR count). The minimum Gasteiger partial charge on any atom is -0.479 e. The highest BCUT2D eigenvalue weighted by Gasteiger charge is 2.24. The van der Waals surface area contributed by atoms with Crippen LogP contribution in [0, 0.1) is 0 Å². The molecule has 1 aliphatic rings. The highest BCUT2D eigenvalue weighted by molar-refractivity contribution is 9.10. The van der Waals surface area contributed by atoms with Gasteiger partial charge in [0.15, 0.2) is 6.10 Å². The summed E-state index contributed by atoms with van der Waals surface area (Å²) < 4.78 is 6.13. The molecule has 1 amide bonds. The van der Waals surface area contributed by atoms with E-state index in [4.69, 9.17) is 16.3 Å². The van der Waals surface area contributed by atoms with Gasteiger partial charge >= 0.3 is 0 Å². The maximum Gasteiger partial charge on any atom is 0.265 e. The monoisotopic (exact) mass is 275 g/mol. The fraction of sp³-hybridized carbons (Fsp3) is 0.222. The molecule has 74 valence electrons. The summed E-state index contributed by atoms with van der Waals surface area (Å²) in [6.07, 6.45) is -0.462. The normalized spacial score (nSPS) is 19.6. The van der Waals surface area contributed by atoms with Gasteiger partial charge in [-0.15, -0.1) is 0 Å². The van der Waals surface area contributed by atoms with Gasteiger partial charge in [0.1, 0.15) is 5.75 Å². The van der Waals surface area contributed by atoms with E-state index in [-0.39, 0.29) is 5.91 Å². The summed E-state index contributed by atoms with van der Waals surface area (Å²) in [6, 6.07) is 3.40. The van der Waals surface area contributed by atoms with Crippen molar-refractivity contribution in [3.63, 3.8) is 0 Å². The molecule has 0 bridgehead atoms. The molecule has 0 spiro atoms. The standard InChI is InChI=1S/C9H7BrClNO2/c1-4-9(13)12-7-3-6(11)5(10)2-8(7)14-4/h2-4H,1H3,(H,12,13). The predicted octanol–water partition coefficient (Wildman–Crippen LogP) is 2.82. The van der Waals surface area contributed by atoms with Gasteiger partial charge in [0.25, 0.3) is 5.91 Å². The van der Waals surface area contributed by atoms with E-state index < -0.39 is 6.10 Å². The van der Waals surface area contributed by atoms with Crippen LogP contribution in [0.3, 0.4) is 0 Å². The van der Waals surface area contributed by atoms with Gasteiger partial charge in [0, 0.05) is 4.47 Å². The minimum atomic E-state index is -0.462. The zero-order chi connectivity index (χ0) is 10.3. The quantitative estimate of drug-likeness (QED) is 0.791. The van der Waals surface area contributed by atoms with Crippen molar-refractivity contribution < 1.29 is 9.53 Å². The molecule has 1 heterocycles. The molecule has 3 nitrogen and oxygen atoms in total. The van der Waals surface area contributed by atoms with Crippen molar-refractivity contribution in [2.24, 2.45) is 0 Å². The van der Waals surface area contributed by atoms with Gasteiger partial charge in [-0.05, 0) is 35.0 Å². The fourth-order valence-corrected chi connectivity index (χ4v) is 1.69. The van der Waals surface area contributed by atoms with Crippen molar-refractivity contribution in [3.05, 3.63) is 21.6 Å². The Labute approximate surface area is 94.5 Å². The van der Waals surface area contributed by atoms with E-state index in [0.29, 0.717) is 16.5 Å². The third kappa shape index (κ3) is 1.60. The molecule has 14 heavy (non-hydrogen) atoms. The number of anilines is 1. The first kappa shape index (κ1) is 9.80. The van der Waals surface area contributed by atoms with Gasteiger partial charge in [-0.2, -0.15) is 0 Å². The van der Waals surface area contributed by atoms with Crippen LogP contribution in [0.25, 0.3) is 0 Å². The topological polar surface area (TPSA) is 38.3 Å². The Kier molecular flexibility index (Phi) is 2.41. The van der Waals surface area contributed by atoms with E-state index in [1.54, 1.807) is 19.1 Å². The lowest BCUT2D eigenvalue weighted by molar-refractivity contribution is -0.122. The van der Waals surface area contributed by atoms with Crippen molar-refractivity contribution in [2.75, 3.05) is 5.32 Å². The third-order valence-corrected chi connectivity index (χ3v) is 3.15. The molecule has 1 aliphatic heterocycles. The van der Waals surface area contributed by atoms with E-state index in [1.807, 2.05) is 0 Å². The van der Waals surface area contributed by atoms with E-state index in [0.717, 1.165) is 4.47 Å². The Morgan fingerprint density at radius 1 is 1.57 bits per heavy atom. The van der Waals surface area contributed by atoms with Crippen molar-refractivity contribution in [2.45, 2.75) is 13.0 Å². The second-order valence-electron chi connectivity index (χ2n) is 3.01. The molecule has 0 aliphatic carbocycles. The number of halogens is 2. The van der Waals surface area contributed by atoms with E-state index in [1.165, 1.54) is 0 Å². The molecular formula is C9H7BrClNO2. The lowest BCUT2D eigenvalue weighted by Crippen LogP contribution is -2.34. The summed E-state index contributed by atoms with van der Waals surface area (Å²) in [5.41, 5.74) is 0.612. The first-order valence-electron chi connectivity index (χ1n) is 4.04. The molecule has 1 N–H and O–H groups in total. The summed E-state index contributed by atoms with van der Waals surface area (Å²) in [5.74, 6) is 0.476. The molecule has 0 fully saturated rings. The smallest absolute Gasteiger partial charge is 0.265 e. The van der Waals surface area contributed by atoms with Gasteiger partial charge in [-0.3, -0.25) is 4.79 Å². The Hall–Kier alpha value is -0.740.